The van der Waals surface area contributed by atoms with Crippen molar-refractivity contribution >= 4 is 11.8 Å². The Morgan fingerprint density at radius 1 is 1.17 bits per heavy atom. The molecule has 12 atom stereocenters. The van der Waals surface area contributed by atoms with E-state index in [9.17, 15) is 14.7 Å². The van der Waals surface area contributed by atoms with Crippen molar-refractivity contribution in [2.45, 2.75) is 99.7 Å². The monoisotopic (exact) mass is 498 g/mol. The summed E-state index contributed by atoms with van der Waals surface area (Å²) in [5.41, 5.74) is 0.795. The average Bonchev–Trinajstić information content (AvgIpc) is 3.06. The first kappa shape index (κ1) is 27.6. The molecule has 4 rings (SSSR count). The van der Waals surface area contributed by atoms with Crippen LogP contribution in [0, 0.1) is 64.1 Å². The van der Waals surface area contributed by atoms with E-state index < -0.39 is 6.10 Å². The molecule has 0 saturated heterocycles. The second kappa shape index (κ2) is 9.71. The molecule has 0 amide bonds. The van der Waals surface area contributed by atoms with Gasteiger partial charge in [0, 0.05) is 24.7 Å². The third-order valence-electron chi connectivity index (χ3n) is 11.5. The summed E-state index contributed by atoms with van der Waals surface area (Å²) in [6, 6.07) is 0. The minimum Gasteiger partial charge on any atom is -0.462 e. The average molecular weight is 499 g/mol. The van der Waals surface area contributed by atoms with Crippen LogP contribution in [0.15, 0.2) is 24.3 Å². The molecule has 4 aliphatic carbocycles. The maximum Gasteiger partial charge on any atom is 0.302 e. The van der Waals surface area contributed by atoms with Crippen molar-refractivity contribution < 1.29 is 19.4 Å². The van der Waals surface area contributed by atoms with Gasteiger partial charge in [0.05, 0.1) is 6.10 Å². The van der Waals surface area contributed by atoms with E-state index in [1.807, 2.05) is 0 Å². The lowest BCUT2D eigenvalue weighted by Crippen LogP contribution is -2.63. The lowest BCUT2D eigenvalue weighted by Gasteiger charge is -2.63. The van der Waals surface area contributed by atoms with Crippen LogP contribution in [0.3, 0.4) is 0 Å². The van der Waals surface area contributed by atoms with E-state index in [1.54, 1.807) is 0 Å². The Hall–Kier alpha value is -1.42. The first-order valence-electron chi connectivity index (χ1n) is 14.5. The highest BCUT2D eigenvalue weighted by Crippen LogP contribution is 2.69. The minimum atomic E-state index is -0.449. The van der Waals surface area contributed by atoms with Gasteiger partial charge < -0.3 is 9.84 Å². The molecule has 0 heterocycles. The highest BCUT2D eigenvalue weighted by Gasteiger charge is 2.68. The van der Waals surface area contributed by atoms with Crippen LogP contribution in [0.4, 0.5) is 0 Å². The number of ketones is 1. The Morgan fingerprint density at radius 2 is 1.83 bits per heavy atom. The van der Waals surface area contributed by atoms with Gasteiger partial charge in [0.2, 0.25) is 0 Å². The van der Waals surface area contributed by atoms with Crippen molar-refractivity contribution in [3.05, 3.63) is 24.3 Å². The third-order valence-corrected chi connectivity index (χ3v) is 11.5. The van der Waals surface area contributed by atoms with Gasteiger partial charge in [0.1, 0.15) is 11.9 Å². The number of carbonyl (C=O) groups excluding carboxylic acids is 2. The molecule has 0 bridgehead atoms. The van der Waals surface area contributed by atoms with E-state index >= 15 is 0 Å². The molecule has 4 fully saturated rings. The summed E-state index contributed by atoms with van der Waals surface area (Å²) in [6.07, 6.45) is 8.14. The van der Waals surface area contributed by atoms with E-state index in [0.29, 0.717) is 24.0 Å². The predicted molar refractivity (Wildman–Crippen MR) is 144 cm³/mol. The maximum absolute atomic E-state index is 13.9. The molecule has 0 aromatic rings. The second-order valence-corrected chi connectivity index (χ2v) is 13.9. The van der Waals surface area contributed by atoms with Crippen LogP contribution in [-0.4, -0.2) is 29.1 Å². The number of hydrogen-bond acceptors (Lipinski definition) is 4. The Balaban J connectivity index is 1.74. The van der Waals surface area contributed by atoms with E-state index in [2.05, 4.69) is 67.2 Å². The van der Waals surface area contributed by atoms with Crippen LogP contribution in [0.1, 0.15) is 87.5 Å². The molecule has 4 saturated carbocycles. The molecular weight excluding hydrogens is 448 g/mol. The van der Waals surface area contributed by atoms with Crippen molar-refractivity contribution in [1.82, 2.24) is 0 Å². The number of esters is 1. The SMILES string of the molecule is C=C1CC[C@]2(C)C3C(C4C[C@H](OC(C)=O)C([C@H](C)/C=C/[C@H](C)C(C)C)[C@@]4(C)C[C@@H]3O)[C@@H](C)C(=O)[C@H]2C1. The third kappa shape index (κ3) is 4.33. The lowest BCUT2D eigenvalue weighted by atomic mass is 9.41. The zero-order valence-electron chi connectivity index (χ0n) is 23.9. The fourth-order valence-corrected chi connectivity index (χ4v) is 9.39. The van der Waals surface area contributed by atoms with Crippen molar-refractivity contribution in [3.8, 4) is 0 Å². The molecule has 4 nitrogen and oxygen atoms in total. The number of carbonyl (C=O) groups is 2. The molecule has 0 radical (unpaired) electrons. The molecule has 4 unspecified atom stereocenters. The molecule has 36 heavy (non-hydrogen) atoms. The fourth-order valence-electron chi connectivity index (χ4n) is 9.39. The van der Waals surface area contributed by atoms with Crippen LogP contribution in [0.5, 0.6) is 0 Å². The Bertz CT molecular complexity index is 919. The Morgan fingerprint density at radius 3 is 2.44 bits per heavy atom. The van der Waals surface area contributed by atoms with Crippen LogP contribution in [0.25, 0.3) is 0 Å². The van der Waals surface area contributed by atoms with Gasteiger partial charge in [0.25, 0.3) is 0 Å². The van der Waals surface area contributed by atoms with Gasteiger partial charge in [0.15, 0.2) is 0 Å². The summed E-state index contributed by atoms with van der Waals surface area (Å²) in [4.78, 5) is 26.1. The van der Waals surface area contributed by atoms with Gasteiger partial charge in [-0.2, -0.15) is 0 Å². The fraction of sp³-hybridized carbons (Fsp3) is 0.812. The number of ether oxygens (including phenoxy) is 1. The number of Topliss-reactive ketones (excluding diaryl/α,β-unsaturated/α-hetero) is 1. The quantitative estimate of drug-likeness (QED) is 0.342. The van der Waals surface area contributed by atoms with Gasteiger partial charge in [-0.1, -0.05) is 72.8 Å². The number of aliphatic hydroxyl groups is 1. The summed E-state index contributed by atoms with van der Waals surface area (Å²) in [7, 11) is 0. The largest absolute Gasteiger partial charge is 0.462 e. The molecule has 1 N–H and O–H groups in total. The smallest absolute Gasteiger partial charge is 0.302 e. The standard InChI is InChI=1S/C32H50O4/c1-17(2)19(4)10-11-20(5)28-26(36-22(7)33)15-23-27-21(6)30(35)24-14-18(3)12-13-31(24,8)29(27)25(34)16-32(23,28)9/h10-11,17,19-21,23-29,34H,3,12-16H2,1-2,4-9H3/b11-10+/t19-,20+,21+,23?,24+,25-,26-,27?,28?,29?,31-,32-/m0/s1. The topological polar surface area (TPSA) is 63.6 Å². The number of allylic oxidation sites excluding steroid dienone is 3. The van der Waals surface area contributed by atoms with Crippen molar-refractivity contribution in [2.75, 3.05) is 0 Å². The lowest BCUT2D eigenvalue weighted by molar-refractivity contribution is -0.188. The minimum absolute atomic E-state index is 0.0325. The molecule has 4 heteroatoms. The summed E-state index contributed by atoms with van der Waals surface area (Å²) in [6.45, 7) is 21.4. The Kier molecular flexibility index (Phi) is 7.45. The van der Waals surface area contributed by atoms with E-state index in [1.165, 1.54) is 12.5 Å². The van der Waals surface area contributed by atoms with Crippen molar-refractivity contribution in [1.29, 1.82) is 0 Å². The maximum atomic E-state index is 13.9. The summed E-state index contributed by atoms with van der Waals surface area (Å²) < 4.78 is 6.03. The van der Waals surface area contributed by atoms with E-state index in [0.717, 1.165) is 25.7 Å². The van der Waals surface area contributed by atoms with Crippen LogP contribution in [0.2, 0.25) is 0 Å². The highest BCUT2D eigenvalue weighted by molar-refractivity contribution is 5.86. The molecule has 0 aromatic heterocycles. The molecule has 0 aliphatic heterocycles. The number of rotatable bonds is 5. The molecule has 4 aliphatic rings. The van der Waals surface area contributed by atoms with Gasteiger partial charge in [-0.25, -0.2) is 0 Å². The first-order chi connectivity index (χ1) is 16.7. The first-order valence-corrected chi connectivity index (χ1v) is 14.5. The molecule has 0 spiro atoms. The molecule has 202 valence electrons. The normalized spacial score (nSPS) is 46.3. The van der Waals surface area contributed by atoms with Gasteiger partial charge in [-0.15, -0.1) is 0 Å². The summed E-state index contributed by atoms with van der Waals surface area (Å²) in [5.74, 6) is 1.84. The van der Waals surface area contributed by atoms with Crippen LogP contribution >= 0.6 is 0 Å². The molecule has 0 aromatic carbocycles. The zero-order valence-corrected chi connectivity index (χ0v) is 23.9. The number of hydrogen-bond donors (Lipinski definition) is 1. The van der Waals surface area contributed by atoms with Crippen molar-refractivity contribution in [2.24, 2.45) is 64.1 Å². The van der Waals surface area contributed by atoms with Gasteiger partial charge >= 0.3 is 5.97 Å². The summed E-state index contributed by atoms with van der Waals surface area (Å²) in [5, 5.41) is 11.9. The molecular formula is C32H50O4. The van der Waals surface area contributed by atoms with Crippen molar-refractivity contribution in [3.63, 3.8) is 0 Å². The number of fused-ring (bicyclic) bond motifs is 5. The second-order valence-electron chi connectivity index (χ2n) is 13.9. The van der Waals surface area contributed by atoms with E-state index in [-0.39, 0.29) is 64.3 Å². The van der Waals surface area contributed by atoms with Gasteiger partial charge in [-0.05, 0) is 78.4 Å². The highest BCUT2D eigenvalue weighted by atomic mass is 16.5. The Labute approximate surface area is 219 Å². The van der Waals surface area contributed by atoms with Gasteiger partial charge in [-0.3, -0.25) is 9.59 Å². The van der Waals surface area contributed by atoms with E-state index in [4.69, 9.17) is 4.74 Å². The predicted octanol–water partition coefficient (Wildman–Crippen LogP) is 6.62. The number of aliphatic hydroxyl groups excluding tert-OH is 1. The zero-order chi connectivity index (χ0) is 26.7. The van der Waals surface area contributed by atoms with Crippen LogP contribution in [-0.2, 0) is 14.3 Å². The van der Waals surface area contributed by atoms with Crippen LogP contribution < -0.4 is 0 Å². The summed E-state index contributed by atoms with van der Waals surface area (Å²) >= 11 is 0.